The SMILES string of the molecule is Nc1ccc(CCOc2c(F)cc(F)cc2Br)cc1. The Labute approximate surface area is 118 Å². The van der Waals surface area contributed by atoms with E-state index in [9.17, 15) is 8.78 Å². The number of benzene rings is 2. The van der Waals surface area contributed by atoms with Crippen LogP contribution < -0.4 is 10.5 Å². The molecule has 2 nitrogen and oxygen atoms in total. The van der Waals surface area contributed by atoms with Crippen molar-refractivity contribution < 1.29 is 13.5 Å². The highest BCUT2D eigenvalue weighted by molar-refractivity contribution is 9.10. The van der Waals surface area contributed by atoms with Crippen molar-refractivity contribution in [1.29, 1.82) is 0 Å². The Morgan fingerprint density at radius 2 is 1.79 bits per heavy atom. The summed E-state index contributed by atoms with van der Waals surface area (Å²) in [4.78, 5) is 0. The van der Waals surface area contributed by atoms with E-state index in [4.69, 9.17) is 10.5 Å². The Morgan fingerprint density at radius 1 is 1.11 bits per heavy atom. The first-order valence-electron chi connectivity index (χ1n) is 5.68. The molecule has 0 aliphatic heterocycles. The fourth-order valence-corrected chi connectivity index (χ4v) is 2.14. The maximum atomic E-state index is 13.5. The molecule has 0 spiro atoms. The number of nitrogens with two attached hydrogens (primary N) is 1. The number of hydrogen-bond acceptors (Lipinski definition) is 2. The van der Waals surface area contributed by atoms with Gasteiger partial charge in [-0.1, -0.05) is 12.1 Å². The van der Waals surface area contributed by atoms with Gasteiger partial charge in [0.05, 0.1) is 11.1 Å². The molecule has 19 heavy (non-hydrogen) atoms. The first-order valence-corrected chi connectivity index (χ1v) is 6.47. The van der Waals surface area contributed by atoms with Crippen LogP contribution in [0.5, 0.6) is 5.75 Å². The van der Waals surface area contributed by atoms with Crippen molar-refractivity contribution in [2.45, 2.75) is 6.42 Å². The topological polar surface area (TPSA) is 35.2 Å². The van der Waals surface area contributed by atoms with Crippen LogP contribution in [-0.2, 0) is 6.42 Å². The van der Waals surface area contributed by atoms with E-state index in [-0.39, 0.29) is 10.2 Å². The molecule has 0 atom stereocenters. The first kappa shape index (κ1) is 13.8. The minimum atomic E-state index is -0.718. The van der Waals surface area contributed by atoms with Gasteiger partial charge in [-0.3, -0.25) is 0 Å². The molecule has 2 N–H and O–H groups in total. The Morgan fingerprint density at radius 3 is 2.42 bits per heavy atom. The summed E-state index contributed by atoms with van der Waals surface area (Å²) >= 11 is 3.07. The van der Waals surface area contributed by atoms with E-state index in [1.807, 2.05) is 12.1 Å². The Bertz CT molecular complexity index is 549. The lowest BCUT2D eigenvalue weighted by Gasteiger charge is -2.09. The molecule has 100 valence electrons. The lowest BCUT2D eigenvalue weighted by Crippen LogP contribution is -2.04. The first-order chi connectivity index (χ1) is 9.06. The number of ether oxygens (including phenoxy) is 1. The molecule has 0 amide bonds. The zero-order chi connectivity index (χ0) is 13.8. The normalized spacial score (nSPS) is 10.5. The summed E-state index contributed by atoms with van der Waals surface area (Å²) in [5, 5.41) is 0. The molecule has 0 aliphatic carbocycles. The van der Waals surface area contributed by atoms with Gasteiger partial charge in [0.1, 0.15) is 5.82 Å². The zero-order valence-electron chi connectivity index (χ0n) is 10.00. The minimum Gasteiger partial charge on any atom is -0.489 e. The van der Waals surface area contributed by atoms with Crippen LogP contribution >= 0.6 is 15.9 Å². The van der Waals surface area contributed by atoms with E-state index in [0.717, 1.165) is 11.6 Å². The van der Waals surface area contributed by atoms with Crippen molar-refractivity contribution in [2.24, 2.45) is 0 Å². The zero-order valence-corrected chi connectivity index (χ0v) is 11.6. The molecule has 5 heteroatoms. The van der Waals surface area contributed by atoms with Gasteiger partial charge in [-0.25, -0.2) is 8.78 Å². The van der Waals surface area contributed by atoms with Crippen molar-refractivity contribution in [1.82, 2.24) is 0 Å². The minimum absolute atomic E-state index is 0.0249. The molecule has 2 aromatic rings. The fourth-order valence-electron chi connectivity index (χ4n) is 1.62. The van der Waals surface area contributed by atoms with E-state index in [0.29, 0.717) is 18.7 Å². The summed E-state index contributed by atoms with van der Waals surface area (Å²) < 4.78 is 32.0. The summed E-state index contributed by atoms with van der Waals surface area (Å²) in [6, 6.07) is 9.32. The van der Waals surface area contributed by atoms with Crippen LogP contribution in [0, 0.1) is 11.6 Å². The third-order valence-corrected chi connectivity index (χ3v) is 3.17. The fraction of sp³-hybridized carbons (Fsp3) is 0.143. The van der Waals surface area contributed by atoms with Gasteiger partial charge in [0.25, 0.3) is 0 Å². The second kappa shape index (κ2) is 6.02. The highest BCUT2D eigenvalue weighted by Crippen LogP contribution is 2.29. The molecule has 2 aromatic carbocycles. The molecule has 0 unspecified atom stereocenters. The molecule has 0 aromatic heterocycles. The summed E-state index contributed by atoms with van der Waals surface area (Å²) in [5.41, 5.74) is 7.30. The summed E-state index contributed by atoms with van der Waals surface area (Å²) in [6.07, 6.45) is 0.615. The van der Waals surface area contributed by atoms with Gasteiger partial charge in [-0.2, -0.15) is 0 Å². The van der Waals surface area contributed by atoms with Crippen LogP contribution in [0.3, 0.4) is 0 Å². The van der Waals surface area contributed by atoms with Gasteiger partial charge < -0.3 is 10.5 Å². The number of nitrogen functional groups attached to an aromatic ring is 1. The van der Waals surface area contributed by atoms with Crippen LogP contribution in [0.4, 0.5) is 14.5 Å². The third-order valence-electron chi connectivity index (χ3n) is 2.58. The van der Waals surface area contributed by atoms with Gasteiger partial charge in [-0.05, 0) is 39.7 Å². The largest absolute Gasteiger partial charge is 0.489 e. The van der Waals surface area contributed by atoms with Crippen LogP contribution in [-0.4, -0.2) is 6.61 Å². The van der Waals surface area contributed by atoms with E-state index < -0.39 is 11.6 Å². The van der Waals surface area contributed by atoms with Gasteiger partial charge in [0.2, 0.25) is 0 Å². The standard InChI is InChI=1S/C14H12BrF2NO/c15-12-7-10(16)8-13(17)14(12)19-6-5-9-1-3-11(18)4-2-9/h1-4,7-8H,5-6,18H2. The molecule has 0 radical (unpaired) electrons. The average Bonchev–Trinajstić information content (AvgIpc) is 2.34. The van der Waals surface area contributed by atoms with Gasteiger partial charge >= 0.3 is 0 Å². The smallest absolute Gasteiger partial charge is 0.169 e. The number of hydrogen-bond donors (Lipinski definition) is 1. The predicted molar refractivity (Wildman–Crippen MR) is 74.1 cm³/mol. The van der Waals surface area contributed by atoms with Crippen LogP contribution in [0.1, 0.15) is 5.56 Å². The highest BCUT2D eigenvalue weighted by atomic mass is 79.9. The third kappa shape index (κ3) is 3.67. The molecule has 0 bridgehead atoms. The summed E-state index contributed by atoms with van der Waals surface area (Å²) in [7, 11) is 0. The molecule has 0 saturated heterocycles. The van der Waals surface area contributed by atoms with Crippen LogP contribution in [0.15, 0.2) is 40.9 Å². The Hall–Kier alpha value is -1.62. The van der Waals surface area contributed by atoms with E-state index in [1.54, 1.807) is 12.1 Å². The summed E-state index contributed by atoms with van der Waals surface area (Å²) in [5.74, 6) is -1.34. The highest BCUT2D eigenvalue weighted by Gasteiger charge is 2.10. The maximum Gasteiger partial charge on any atom is 0.169 e. The maximum absolute atomic E-state index is 13.5. The van der Waals surface area contributed by atoms with Crippen molar-refractivity contribution in [3.8, 4) is 5.75 Å². The van der Waals surface area contributed by atoms with Crippen molar-refractivity contribution in [3.63, 3.8) is 0 Å². The van der Waals surface area contributed by atoms with Crippen molar-refractivity contribution in [3.05, 3.63) is 58.1 Å². The van der Waals surface area contributed by atoms with Crippen molar-refractivity contribution in [2.75, 3.05) is 12.3 Å². The molecule has 0 fully saturated rings. The van der Waals surface area contributed by atoms with Crippen LogP contribution in [0.2, 0.25) is 0 Å². The van der Waals surface area contributed by atoms with E-state index in [1.165, 1.54) is 6.07 Å². The van der Waals surface area contributed by atoms with Gasteiger partial charge in [0.15, 0.2) is 11.6 Å². The second-order valence-corrected chi connectivity index (χ2v) is 4.89. The average molecular weight is 328 g/mol. The molecular weight excluding hydrogens is 316 g/mol. The Balaban J connectivity index is 1.98. The van der Waals surface area contributed by atoms with E-state index >= 15 is 0 Å². The van der Waals surface area contributed by atoms with Crippen molar-refractivity contribution >= 4 is 21.6 Å². The van der Waals surface area contributed by atoms with Crippen LogP contribution in [0.25, 0.3) is 0 Å². The molecule has 0 saturated carbocycles. The van der Waals surface area contributed by atoms with Gasteiger partial charge in [-0.15, -0.1) is 0 Å². The number of anilines is 1. The molecular formula is C14H12BrF2NO. The molecule has 0 heterocycles. The van der Waals surface area contributed by atoms with Gasteiger partial charge in [0, 0.05) is 18.2 Å². The molecule has 0 aliphatic rings. The molecule has 2 rings (SSSR count). The lowest BCUT2D eigenvalue weighted by atomic mass is 10.1. The summed E-state index contributed by atoms with van der Waals surface area (Å²) in [6.45, 7) is 0.297. The Kier molecular flexibility index (Phi) is 4.37. The lowest BCUT2D eigenvalue weighted by molar-refractivity contribution is 0.302. The monoisotopic (exact) mass is 327 g/mol. The number of halogens is 3. The number of rotatable bonds is 4. The quantitative estimate of drug-likeness (QED) is 0.863. The van der Waals surface area contributed by atoms with E-state index in [2.05, 4.69) is 15.9 Å². The second-order valence-electron chi connectivity index (χ2n) is 4.04. The predicted octanol–water partition coefficient (Wildman–Crippen LogP) is 3.93.